The number of carbonyl (C=O) groups is 1. The maximum absolute atomic E-state index is 11.2. The minimum absolute atomic E-state index is 0.0147. The highest BCUT2D eigenvalue weighted by Crippen LogP contribution is 2.36. The van der Waals surface area contributed by atoms with Crippen LogP contribution in [0.25, 0.3) is 33.7 Å². The number of fused-ring (bicyclic) bond motifs is 3. The van der Waals surface area contributed by atoms with Gasteiger partial charge in [-0.05, 0) is 48.9 Å². The molecule has 7 heteroatoms. The number of aliphatic carboxylic acids is 1. The smallest absolute Gasteiger partial charge is 0.305 e. The van der Waals surface area contributed by atoms with Crippen molar-refractivity contribution in [2.75, 3.05) is 0 Å². The van der Waals surface area contributed by atoms with Crippen LogP contribution in [0.5, 0.6) is 0 Å². The van der Waals surface area contributed by atoms with Gasteiger partial charge >= 0.3 is 5.97 Å². The highest BCUT2D eigenvalue weighted by molar-refractivity contribution is 5.86. The number of carboxylic acids is 1. The Labute approximate surface area is 160 Å². The zero-order valence-electron chi connectivity index (χ0n) is 15.3. The van der Waals surface area contributed by atoms with Crippen molar-refractivity contribution in [1.82, 2.24) is 19.7 Å². The molecule has 7 nitrogen and oxygen atoms in total. The van der Waals surface area contributed by atoms with Crippen LogP contribution in [0.3, 0.4) is 0 Å². The lowest BCUT2D eigenvalue weighted by Crippen LogP contribution is -2.09. The predicted molar refractivity (Wildman–Crippen MR) is 103 cm³/mol. The Morgan fingerprint density at radius 2 is 2.21 bits per heavy atom. The topological polar surface area (TPSA) is 94.0 Å². The number of benzene rings is 1. The third-order valence-corrected chi connectivity index (χ3v) is 5.38. The first-order valence-corrected chi connectivity index (χ1v) is 9.21. The van der Waals surface area contributed by atoms with Gasteiger partial charge in [-0.3, -0.25) is 9.78 Å². The van der Waals surface area contributed by atoms with Crippen LogP contribution in [0.1, 0.15) is 30.1 Å². The Bertz CT molecular complexity index is 1210. The predicted octanol–water partition coefficient (Wildman–Crippen LogP) is 4.02. The van der Waals surface area contributed by atoms with Crippen molar-refractivity contribution >= 4 is 16.9 Å². The lowest BCUT2D eigenvalue weighted by molar-refractivity contribution is -0.137. The Kier molecular flexibility index (Phi) is 3.75. The molecule has 3 aromatic heterocycles. The number of hydrogen-bond acceptors (Lipinski definition) is 5. The zero-order chi connectivity index (χ0) is 19.3. The highest BCUT2D eigenvalue weighted by Gasteiger charge is 2.26. The number of pyridine rings is 1. The summed E-state index contributed by atoms with van der Waals surface area (Å²) in [5.74, 6) is 0.166. The van der Waals surface area contributed by atoms with Gasteiger partial charge in [0.15, 0.2) is 0 Å². The van der Waals surface area contributed by atoms with Crippen LogP contribution in [-0.2, 0) is 11.2 Å². The maximum Gasteiger partial charge on any atom is 0.305 e. The van der Waals surface area contributed by atoms with Crippen LogP contribution in [-0.4, -0.2) is 30.8 Å². The summed E-state index contributed by atoms with van der Waals surface area (Å²) in [5.41, 5.74) is 4.86. The van der Waals surface area contributed by atoms with E-state index in [2.05, 4.69) is 25.8 Å². The standard InChI is InChI=1S/C21H18N4O3/c1-12-6-7-22-11-17(12)21-23-20(24-28-21)14-3-2-13-8-15-4-5-16(10-19(26)27)25(15)18(13)9-14/h2-3,6-9,11,16H,4-5,10H2,1H3,(H,26,27). The van der Waals surface area contributed by atoms with Gasteiger partial charge in [-0.2, -0.15) is 4.98 Å². The van der Waals surface area contributed by atoms with E-state index in [9.17, 15) is 9.90 Å². The fraction of sp³-hybridized carbons (Fsp3) is 0.238. The molecule has 4 aromatic rings. The van der Waals surface area contributed by atoms with E-state index >= 15 is 0 Å². The van der Waals surface area contributed by atoms with E-state index in [4.69, 9.17) is 4.52 Å². The third-order valence-electron chi connectivity index (χ3n) is 5.38. The average molecular weight is 374 g/mol. The Hall–Kier alpha value is -3.48. The Morgan fingerprint density at radius 3 is 3.04 bits per heavy atom. The van der Waals surface area contributed by atoms with Crippen LogP contribution >= 0.6 is 0 Å². The maximum atomic E-state index is 11.2. The van der Waals surface area contributed by atoms with Gasteiger partial charge in [0.05, 0.1) is 12.0 Å². The van der Waals surface area contributed by atoms with Gasteiger partial charge in [-0.25, -0.2) is 0 Å². The second kappa shape index (κ2) is 6.30. The molecule has 0 spiro atoms. The SMILES string of the molecule is Cc1ccncc1-c1nc(-c2ccc3cc4n(c3c2)C(CC(=O)O)CC4)no1. The summed E-state index contributed by atoms with van der Waals surface area (Å²) >= 11 is 0. The molecule has 1 aliphatic heterocycles. The molecule has 140 valence electrons. The van der Waals surface area contributed by atoms with Crippen LogP contribution in [0.4, 0.5) is 0 Å². The van der Waals surface area contributed by atoms with Crippen molar-refractivity contribution in [2.45, 2.75) is 32.2 Å². The van der Waals surface area contributed by atoms with Crippen molar-refractivity contribution in [3.63, 3.8) is 0 Å². The molecule has 0 amide bonds. The molecule has 1 aromatic carbocycles. The van der Waals surface area contributed by atoms with E-state index in [1.165, 1.54) is 5.69 Å². The summed E-state index contributed by atoms with van der Waals surface area (Å²) in [4.78, 5) is 19.9. The summed E-state index contributed by atoms with van der Waals surface area (Å²) in [6, 6.07) is 10.0. The number of aryl methyl sites for hydroxylation is 2. The molecular formula is C21H18N4O3. The molecule has 0 radical (unpaired) electrons. The monoisotopic (exact) mass is 374 g/mol. The van der Waals surface area contributed by atoms with Gasteiger partial charge in [0, 0.05) is 35.2 Å². The molecule has 1 unspecified atom stereocenters. The molecule has 0 fully saturated rings. The van der Waals surface area contributed by atoms with Crippen LogP contribution < -0.4 is 0 Å². The van der Waals surface area contributed by atoms with Crippen molar-refractivity contribution in [3.05, 3.63) is 54.0 Å². The van der Waals surface area contributed by atoms with E-state index < -0.39 is 5.97 Å². The second-order valence-electron chi connectivity index (χ2n) is 7.18. The quantitative estimate of drug-likeness (QED) is 0.580. The number of rotatable bonds is 4. The number of carboxylic acid groups (broad SMARTS) is 1. The van der Waals surface area contributed by atoms with Crippen LogP contribution in [0.2, 0.25) is 0 Å². The van der Waals surface area contributed by atoms with Gasteiger partial charge in [0.2, 0.25) is 5.82 Å². The number of nitrogens with zero attached hydrogens (tertiary/aromatic N) is 4. The van der Waals surface area contributed by atoms with E-state index in [0.717, 1.165) is 40.4 Å². The summed E-state index contributed by atoms with van der Waals surface area (Å²) in [7, 11) is 0. The minimum atomic E-state index is -0.773. The first kappa shape index (κ1) is 16.7. The fourth-order valence-corrected chi connectivity index (χ4v) is 4.02. The summed E-state index contributed by atoms with van der Waals surface area (Å²) in [5, 5.41) is 14.5. The molecule has 4 heterocycles. The van der Waals surface area contributed by atoms with Gasteiger partial charge in [0.1, 0.15) is 0 Å². The first-order chi connectivity index (χ1) is 13.6. The zero-order valence-corrected chi connectivity index (χ0v) is 15.3. The largest absolute Gasteiger partial charge is 0.481 e. The Balaban J connectivity index is 1.56. The van der Waals surface area contributed by atoms with Crippen LogP contribution in [0.15, 0.2) is 47.2 Å². The lowest BCUT2D eigenvalue weighted by Gasteiger charge is -2.13. The summed E-state index contributed by atoms with van der Waals surface area (Å²) in [6.45, 7) is 1.97. The Morgan fingerprint density at radius 1 is 1.32 bits per heavy atom. The molecule has 1 atom stereocenters. The normalized spacial score (nSPS) is 15.8. The van der Waals surface area contributed by atoms with E-state index in [0.29, 0.717) is 11.7 Å². The number of hydrogen-bond donors (Lipinski definition) is 1. The van der Waals surface area contributed by atoms with Crippen molar-refractivity contribution in [2.24, 2.45) is 0 Å². The van der Waals surface area contributed by atoms with Gasteiger partial charge in [-0.15, -0.1) is 0 Å². The van der Waals surface area contributed by atoms with Crippen molar-refractivity contribution in [1.29, 1.82) is 0 Å². The molecule has 5 rings (SSSR count). The third kappa shape index (κ3) is 2.67. The van der Waals surface area contributed by atoms with Crippen LogP contribution in [0, 0.1) is 6.92 Å². The fourth-order valence-electron chi connectivity index (χ4n) is 4.02. The second-order valence-corrected chi connectivity index (χ2v) is 7.18. The summed E-state index contributed by atoms with van der Waals surface area (Å²) < 4.78 is 7.61. The van der Waals surface area contributed by atoms with Gasteiger partial charge in [-0.1, -0.05) is 17.3 Å². The average Bonchev–Trinajstić information content (AvgIpc) is 3.37. The molecule has 1 aliphatic rings. The van der Waals surface area contributed by atoms with E-state index in [1.807, 2.05) is 31.2 Å². The first-order valence-electron chi connectivity index (χ1n) is 9.21. The van der Waals surface area contributed by atoms with Gasteiger partial charge < -0.3 is 14.2 Å². The summed E-state index contributed by atoms with van der Waals surface area (Å²) in [6.07, 6.45) is 5.33. The van der Waals surface area contributed by atoms with E-state index in [1.54, 1.807) is 12.4 Å². The molecule has 0 saturated heterocycles. The molecular weight excluding hydrogens is 356 g/mol. The highest BCUT2D eigenvalue weighted by atomic mass is 16.5. The molecule has 0 saturated carbocycles. The molecule has 28 heavy (non-hydrogen) atoms. The minimum Gasteiger partial charge on any atom is -0.481 e. The molecule has 1 N–H and O–H groups in total. The van der Waals surface area contributed by atoms with Crippen molar-refractivity contribution < 1.29 is 14.4 Å². The van der Waals surface area contributed by atoms with Gasteiger partial charge in [0.25, 0.3) is 5.89 Å². The lowest BCUT2D eigenvalue weighted by atomic mass is 10.1. The van der Waals surface area contributed by atoms with Crippen molar-refractivity contribution in [3.8, 4) is 22.8 Å². The molecule has 0 aliphatic carbocycles. The molecule has 0 bridgehead atoms. The number of aromatic nitrogens is 4. The van der Waals surface area contributed by atoms with E-state index in [-0.39, 0.29) is 12.5 Å².